The van der Waals surface area contributed by atoms with Crippen LogP contribution < -0.4 is 4.43 Å². The van der Waals surface area contributed by atoms with Crippen molar-refractivity contribution in [3.05, 3.63) is 29.8 Å². The summed E-state index contributed by atoms with van der Waals surface area (Å²) in [5.41, 5.74) is 0.973. The van der Waals surface area contributed by atoms with Gasteiger partial charge in [0.05, 0.1) is 12.5 Å². The molecule has 1 aromatic rings. The van der Waals surface area contributed by atoms with Crippen LogP contribution in [0, 0.1) is 11.3 Å². The molecule has 0 bridgehead atoms. The van der Waals surface area contributed by atoms with Crippen LogP contribution in [0.1, 0.15) is 26.3 Å². The molecular formula is C18H31NO2Si2. The highest BCUT2D eigenvalue weighted by atomic mass is 28.4. The van der Waals surface area contributed by atoms with Crippen molar-refractivity contribution < 1.29 is 8.85 Å². The second kappa shape index (κ2) is 7.65. The molecule has 0 amide bonds. The number of rotatable bonds is 7. The van der Waals surface area contributed by atoms with Crippen molar-refractivity contribution in [3.8, 4) is 11.8 Å². The number of hydrogen-bond donors (Lipinski definition) is 0. The van der Waals surface area contributed by atoms with Crippen LogP contribution in [0.2, 0.25) is 37.3 Å². The first kappa shape index (κ1) is 19.9. The summed E-state index contributed by atoms with van der Waals surface area (Å²) in [6.07, 6.45) is 0.390. The lowest BCUT2D eigenvalue weighted by Crippen LogP contribution is -2.43. The first-order valence-corrected chi connectivity index (χ1v) is 14.3. The lowest BCUT2D eigenvalue weighted by molar-refractivity contribution is 0.302. The predicted octanol–water partition coefficient (Wildman–Crippen LogP) is 5.36. The Morgan fingerprint density at radius 2 is 1.70 bits per heavy atom. The van der Waals surface area contributed by atoms with Crippen molar-refractivity contribution in [2.45, 2.75) is 64.5 Å². The quantitative estimate of drug-likeness (QED) is 0.622. The van der Waals surface area contributed by atoms with E-state index in [2.05, 4.69) is 53.0 Å². The summed E-state index contributed by atoms with van der Waals surface area (Å²) in [6, 6.07) is 11.0. The van der Waals surface area contributed by atoms with E-state index in [-0.39, 0.29) is 5.04 Å². The van der Waals surface area contributed by atoms with Crippen molar-refractivity contribution in [2.75, 3.05) is 6.61 Å². The molecular weight excluding hydrogens is 318 g/mol. The third-order valence-electron chi connectivity index (χ3n) is 4.60. The summed E-state index contributed by atoms with van der Waals surface area (Å²) >= 11 is 0. The molecule has 128 valence electrons. The summed E-state index contributed by atoms with van der Waals surface area (Å²) in [4.78, 5) is 0. The molecule has 0 spiro atoms. The molecule has 0 saturated carbocycles. The lowest BCUT2D eigenvalue weighted by atomic mass is 10.1. The van der Waals surface area contributed by atoms with Gasteiger partial charge in [0, 0.05) is 12.2 Å². The van der Waals surface area contributed by atoms with Crippen LogP contribution in [0.3, 0.4) is 0 Å². The van der Waals surface area contributed by atoms with E-state index in [4.69, 9.17) is 14.1 Å². The van der Waals surface area contributed by atoms with Crippen LogP contribution >= 0.6 is 0 Å². The largest absolute Gasteiger partial charge is 0.544 e. The minimum Gasteiger partial charge on any atom is -0.544 e. The normalized spacial score (nSPS) is 12.8. The Labute approximate surface area is 143 Å². The minimum absolute atomic E-state index is 0.235. The maximum absolute atomic E-state index is 8.94. The van der Waals surface area contributed by atoms with Crippen LogP contribution in [-0.4, -0.2) is 23.2 Å². The Morgan fingerprint density at radius 3 is 2.26 bits per heavy atom. The molecule has 0 aliphatic rings. The summed E-state index contributed by atoms with van der Waals surface area (Å²) < 4.78 is 12.6. The maximum Gasteiger partial charge on any atom is 0.247 e. The highest BCUT2D eigenvalue weighted by Crippen LogP contribution is 2.37. The number of nitriles is 1. The summed E-state index contributed by atoms with van der Waals surface area (Å²) in [6.45, 7) is 16.5. The monoisotopic (exact) mass is 349 g/mol. The van der Waals surface area contributed by atoms with Gasteiger partial charge < -0.3 is 8.85 Å². The Morgan fingerprint density at radius 1 is 1.09 bits per heavy atom. The van der Waals surface area contributed by atoms with Gasteiger partial charge in [0.15, 0.2) is 8.32 Å². The standard InChI is InChI=1S/C18H31NO2Si2/c1-18(2,3)23(6,7)20-14-15-22(4,5)21-17-11-9-8-10-16(17)12-13-19/h8-11H,12,14-15H2,1-7H3. The average Bonchev–Trinajstić information content (AvgIpc) is 2.39. The average molecular weight is 350 g/mol. The molecule has 0 aliphatic carbocycles. The predicted molar refractivity (Wildman–Crippen MR) is 102 cm³/mol. The molecule has 0 aliphatic heterocycles. The van der Waals surface area contributed by atoms with E-state index in [1.165, 1.54) is 0 Å². The molecule has 0 N–H and O–H groups in total. The topological polar surface area (TPSA) is 42.2 Å². The first-order valence-electron chi connectivity index (χ1n) is 8.26. The van der Waals surface area contributed by atoms with Crippen molar-refractivity contribution in [1.82, 2.24) is 0 Å². The van der Waals surface area contributed by atoms with Gasteiger partial charge in [-0.2, -0.15) is 5.26 Å². The minimum atomic E-state index is -1.88. The summed E-state index contributed by atoms with van der Waals surface area (Å²) in [7, 11) is -3.57. The van der Waals surface area contributed by atoms with Crippen LogP contribution in [0.25, 0.3) is 0 Å². The Kier molecular flexibility index (Phi) is 6.63. The second-order valence-corrected chi connectivity index (χ2v) is 17.2. The van der Waals surface area contributed by atoms with Gasteiger partial charge in [-0.15, -0.1) is 0 Å². The van der Waals surface area contributed by atoms with Gasteiger partial charge in [-0.05, 0) is 43.3 Å². The van der Waals surface area contributed by atoms with Gasteiger partial charge >= 0.3 is 0 Å². The van der Waals surface area contributed by atoms with Crippen LogP contribution in [0.5, 0.6) is 5.75 Å². The van der Waals surface area contributed by atoms with Gasteiger partial charge in [0.1, 0.15) is 5.75 Å². The van der Waals surface area contributed by atoms with E-state index in [9.17, 15) is 0 Å². The van der Waals surface area contributed by atoms with Gasteiger partial charge in [-0.25, -0.2) is 0 Å². The number of para-hydroxylation sites is 1. The van der Waals surface area contributed by atoms with Gasteiger partial charge in [0.2, 0.25) is 8.32 Å². The summed E-state index contributed by atoms with van der Waals surface area (Å²) in [5, 5.41) is 9.18. The van der Waals surface area contributed by atoms with E-state index in [0.29, 0.717) is 6.42 Å². The number of hydrogen-bond acceptors (Lipinski definition) is 3. The molecule has 0 heterocycles. The molecule has 1 aromatic carbocycles. The Balaban J connectivity index is 2.66. The zero-order valence-corrected chi connectivity index (χ0v) is 17.7. The van der Waals surface area contributed by atoms with E-state index in [1.807, 2.05) is 24.3 Å². The third-order valence-corrected chi connectivity index (χ3v) is 11.3. The SMILES string of the molecule is CC(C)(C)[Si](C)(C)OCC[Si](C)(C)Oc1ccccc1CC#N. The molecule has 0 unspecified atom stereocenters. The maximum atomic E-state index is 8.94. The molecule has 0 saturated heterocycles. The van der Waals surface area contributed by atoms with Crippen molar-refractivity contribution in [2.24, 2.45) is 0 Å². The second-order valence-electron chi connectivity index (χ2n) is 8.16. The van der Waals surface area contributed by atoms with Crippen LogP contribution in [0.4, 0.5) is 0 Å². The number of benzene rings is 1. The van der Waals surface area contributed by atoms with E-state index >= 15 is 0 Å². The molecule has 0 radical (unpaired) electrons. The van der Waals surface area contributed by atoms with Gasteiger partial charge in [-0.3, -0.25) is 0 Å². The highest BCUT2D eigenvalue weighted by Gasteiger charge is 2.37. The Bertz CT molecular complexity index is 557. The zero-order chi connectivity index (χ0) is 17.7. The van der Waals surface area contributed by atoms with Crippen LogP contribution in [0.15, 0.2) is 24.3 Å². The van der Waals surface area contributed by atoms with Gasteiger partial charge in [0.25, 0.3) is 0 Å². The molecule has 23 heavy (non-hydrogen) atoms. The fourth-order valence-electron chi connectivity index (χ4n) is 1.95. The lowest BCUT2D eigenvalue weighted by Gasteiger charge is -2.37. The molecule has 0 aromatic heterocycles. The fourth-order valence-corrected chi connectivity index (χ4v) is 4.69. The summed E-state index contributed by atoms with van der Waals surface area (Å²) in [5.74, 6) is 0.859. The van der Waals surface area contributed by atoms with Crippen molar-refractivity contribution >= 4 is 16.6 Å². The molecule has 0 fully saturated rings. The highest BCUT2D eigenvalue weighted by molar-refractivity contribution is 6.74. The molecule has 3 nitrogen and oxygen atoms in total. The van der Waals surface area contributed by atoms with Crippen LogP contribution in [-0.2, 0) is 10.8 Å². The van der Waals surface area contributed by atoms with E-state index in [0.717, 1.165) is 24.0 Å². The van der Waals surface area contributed by atoms with Crippen molar-refractivity contribution in [1.29, 1.82) is 5.26 Å². The van der Waals surface area contributed by atoms with Crippen molar-refractivity contribution in [3.63, 3.8) is 0 Å². The zero-order valence-electron chi connectivity index (χ0n) is 15.7. The van der Waals surface area contributed by atoms with Gasteiger partial charge in [-0.1, -0.05) is 39.0 Å². The smallest absolute Gasteiger partial charge is 0.247 e. The van der Waals surface area contributed by atoms with E-state index < -0.39 is 16.6 Å². The molecule has 0 atom stereocenters. The third kappa shape index (κ3) is 6.13. The Hall–Kier alpha value is -1.10. The van der Waals surface area contributed by atoms with E-state index in [1.54, 1.807) is 0 Å². The number of nitrogens with zero attached hydrogens (tertiary/aromatic N) is 1. The first-order chi connectivity index (χ1) is 10.5. The molecule has 1 rings (SSSR count). The molecule has 5 heteroatoms. The fraction of sp³-hybridized carbons (Fsp3) is 0.611.